The molecule has 1 aromatic carbocycles. The highest BCUT2D eigenvalue weighted by molar-refractivity contribution is 7.98. The Balaban J connectivity index is 2.30. The average molecular weight is 1180 g/mol. The number of benzene rings is 1. The van der Waals surface area contributed by atoms with Crippen LogP contribution in [0.15, 0.2) is 29.3 Å². The number of aliphatic imine (C=N–C) groups is 1. The van der Waals surface area contributed by atoms with Gasteiger partial charge in [-0.15, -0.1) is 0 Å². The van der Waals surface area contributed by atoms with Crippen molar-refractivity contribution in [3.8, 4) is 5.75 Å². The third-order valence-electron chi connectivity index (χ3n) is 12.9. The molecule has 0 aliphatic carbocycles. The fraction of sp³-hybridized carbons (Fsp3) is 0.600. The van der Waals surface area contributed by atoms with Crippen LogP contribution in [-0.4, -0.2) is 194 Å². The molecule has 10 amide bonds. The van der Waals surface area contributed by atoms with Crippen LogP contribution in [0.4, 0.5) is 0 Å². The van der Waals surface area contributed by atoms with Gasteiger partial charge < -0.3 is 90.8 Å². The molecule has 1 saturated heterocycles. The number of primary amides is 1. The zero-order valence-corrected chi connectivity index (χ0v) is 47.1. The van der Waals surface area contributed by atoms with E-state index in [0.717, 1.165) is 4.90 Å². The lowest BCUT2D eigenvalue weighted by Gasteiger charge is -2.31. The summed E-state index contributed by atoms with van der Waals surface area (Å²) in [6.45, 7) is 5.45. The van der Waals surface area contributed by atoms with Crippen molar-refractivity contribution >= 4 is 94.7 Å². The van der Waals surface area contributed by atoms with Crippen LogP contribution < -0.4 is 65.5 Å². The topological polar surface area (TPSA) is 519 Å². The Morgan fingerprint density at radius 1 is 0.695 bits per heavy atom. The molecule has 2 rings (SSSR count). The molecule has 0 spiro atoms. The summed E-state index contributed by atoms with van der Waals surface area (Å²) < 4.78 is 0. The van der Waals surface area contributed by atoms with E-state index in [1.54, 1.807) is 20.1 Å². The zero-order valence-electron chi connectivity index (χ0n) is 46.3. The predicted octanol–water partition coefficient (Wildman–Crippen LogP) is -4.82. The monoisotopic (exact) mass is 1180 g/mol. The number of carbonyl (C=O) groups is 13. The molecule has 1 aliphatic rings. The number of aromatic hydroxyl groups is 1. The molecule has 0 aromatic heterocycles. The lowest BCUT2D eigenvalue weighted by Crippen LogP contribution is -2.61. The number of hydrogen-bond donors (Lipinski definition) is 16. The molecule has 0 radical (unpaired) electrons. The van der Waals surface area contributed by atoms with Gasteiger partial charge in [-0.05, 0) is 67.9 Å². The second-order valence-electron chi connectivity index (χ2n) is 19.8. The summed E-state index contributed by atoms with van der Waals surface area (Å²) in [5, 5.41) is 57.9. The minimum atomic E-state index is -1.86. The van der Waals surface area contributed by atoms with Gasteiger partial charge in [0.1, 0.15) is 54.1 Å². The number of thioether (sulfide) groups is 1. The Kier molecular flexibility index (Phi) is 29.6. The van der Waals surface area contributed by atoms with Crippen molar-refractivity contribution in [2.24, 2.45) is 39.8 Å². The Morgan fingerprint density at radius 3 is 1.84 bits per heavy atom. The van der Waals surface area contributed by atoms with E-state index >= 15 is 0 Å². The first-order valence-electron chi connectivity index (χ1n) is 26.2. The highest BCUT2D eigenvalue weighted by Gasteiger charge is 2.41. The van der Waals surface area contributed by atoms with Gasteiger partial charge in [-0.1, -0.05) is 46.2 Å². The lowest BCUT2D eigenvalue weighted by molar-refractivity contribution is -0.144. The molecule has 1 aromatic rings. The number of carbonyl (C=O) groups excluding carboxylic acids is 10. The van der Waals surface area contributed by atoms with Crippen LogP contribution in [0.2, 0.25) is 0 Å². The van der Waals surface area contributed by atoms with E-state index in [2.05, 4.69) is 47.5 Å². The first kappa shape index (κ1) is 69.8. The molecule has 1 aliphatic heterocycles. The number of nitrogens with one attached hydrogen (secondary N) is 8. The number of carboxylic acids is 3. The average Bonchev–Trinajstić information content (AvgIpc) is 3.96. The summed E-state index contributed by atoms with van der Waals surface area (Å²) in [7, 11) is 0. The van der Waals surface area contributed by atoms with E-state index < -0.39 is 175 Å². The number of amides is 10. The van der Waals surface area contributed by atoms with Crippen molar-refractivity contribution in [2.45, 2.75) is 146 Å². The zero-order chi connectivity index (χ0) is 62.0. The smallest absolute Gasteiger partial charge is 0.326 e. The molecule has 0 bridgehead atoms. The maximum Gasteiger partial charge on any atom is 0.326 e. The third-order valence-corrected chi connectivity index (χ3v) is 13.6. The van der Waals surface area contributed by atoms with Gasteiger partial charge in [0.05, 0.1) is 25.4 Å². The highest BCUT2D eigenvalue weighted by atomic mass is 32.2. The summed E-state index contributed by atoms with van der Waals surface area (Å²) in [6.07, 6.45) is -0.920. The molecule has 10 atom stereocenters. The van der Waals surface area contributed by atoms with Crippen LogP contribution in [0.1, 0.15) is 91.0 Å². The molecule has 82 heavy (non-hydrogen) atoms. The van der Waals surface area contributed by atoms with Gasteiger partial charge in [0, 0.05) is 31.7 Å². The second kappa shape index (κ2) is 34.8. The minimum absolute atomic E-state index is 0.0138. The Labute approximate surface area is 476 Å². The molecule has 10 unspecified atom stereocenters. The van der Waals surface area contributed by atoms with Crippen LogP contribution in [0.5, 0.6) is 5.75 Å². The number of phenolic OH excluding ortho intramolecular Hbond substituents is 1. The van der Waals surface area contributed by atoms with Gasteiger partial charge in [-0.25, -0.2) is 4.79 Å². The highest BCUT2D eigenvalue weighted by Crippen LogP contribution is 2.21. The van der Waals surface area contributed by atoms with Crippen LogP contribution in [0.3, 0.4) is 0 Å². The fourth-order valence-corrected chi connectivity index (χ4v) is 8.78. The number of likely N-dealkylation sites (tertiary alicyclic amines) is 1. The van der Waals surface area contributed by atoms with Gasteiger partial charge >= 0.3 is 17.9 Å². The van der Waals surface area contributed by atoms with Crippen molar-refractivity contribution in [1.29, 1.82) is 0 Å². The number of carboxylic acid groups (broad SMARTS) is 3. The van der Waals surface area contributed by atoms with Crippen LogP contribution >= 0.6 is 11.8 Å². The van der Waals surface area contributed by atoms with E-state index in [0.29, 0.717) is 5.56 Å². The number of nitrogens with zero attached hydrogens (tertiary/aromatic N) is 2. The van der Waals surface area contributed by atoms with Crippen molar-refractivity contribution in [1.82, 2.24) is 47.4 Å². The van der Waals surface area contributed by atoms with Crippen LogP contribution in [0.25, 0.3) is 0 Å². The van der Waals surface area contributed by atoms with Crippen molar-refractivity contribution in [3.63, 3.8) is 0 Å². The number of phenols is 1. The lowest BCUT2D eigenvalue weighted by atomic mass is 9.95. The molecule has 32 heteroatoms. The minimum Gasteiger partial charge on any atom is -0.508 e. The standard InChI is InChI=1S/C50H78N14O17S/c1-6-25(4)40(47(78)60-31(21-38(70)71)44(75)61-33(49(80)81)19-26-11-13-27(65)14-12-26)63-46(77)39(24(2)3)62-43(74)30(15-16-37(68)69)59-45(76)34-10-8-18-64(34)48(79)32(20-35(52)66)57-36(67)22-56-42(73)29(9-7-17-55-50(53)54)58-41(72)28(51)23-82-5/h11-14,24-25,28-34,39-40,65H,6-10,15-23,51H2,1-5H3,(H2,52,66)(H,56,73)(H,57,67)(H,58,72)(H,59,76)(H,60,78)(H,61,75)(H,62,74)(H,63,77)(H,68,69)(H,70,71)(H,80,81)(H4,53,54,55). The molecule has 1 fully saturated rings. The predicted molar refractivity (Wildman–Crippen MR) is 294 cm³/mol. The number of nitrogens with two attached hydrogens (primary N) is 4. The summed E-state index contributed by atoms with van der Waals surface area (Å²) in [4.78, 5) is 176. The van der Waals surface area contributed by atoms with E-state index in [1.165, 1.54) is 49.9 Å². The first-order chi connectivity index (χ1) is 38.5. The first-order valence-corrected chi connectivity index (χ1v) is 27.6. The quantitative estimate of drug-likeness (QED) is 0.0170. The van der Waals surface area contributed by atoms with E-state index in [4.69, 9.17) is 22.9 Å². The van der Waals surface area contributed by atoms with Crippen LogP contribution in [-0.2, 0) is 68.7 Å². The summed E-state index contributed by atoms with van der Waals surface area (Å²) >= 11 is 1.29. The number of hydrogen-bond acceptors (Lipinski definition) is 17. The number of aliphatic carboxylic acids is 3. The largest absolute Gasteiger partial charge is 0.508 e. The van der Waals surface area contributed by atoms with E-state index in [-0.39, 0.29) is 69.1 Å². The molecular weight excluding hydrogens is 1100 g/mol. The molecule has 0 saturated carbocycles. The van der Waals surface area contributed by atoms with E-state index in [9.17, 15) is 82.8 Å². The van der Waals surface area contributed by atoms with Crippen molar-refractivity contribution in [3.05, 3.63) is 29.8 Å². The Bertz CT molecular complexity index is 2480. The molecule has 456 valence electrons. The molecule has 31 nitrogen and oxygen atoms in total. The van der Waals surface area contributed by atoms with Crippen molar-refractivity contribution < 1.29 is 82.8 Å². The normalized spacial score (nSPS) is 16.1. The maximum absolute atomic E-state index is 14.1. The summed E-state index contributed by atoms with van der Waals surface area (Å²) in [5.74, 6) is -15.7. The van der Waals surface area contributed by atoms with E-state index in [1.807, 2.05) is 0 Å². The van der Waals surface area contributed by atoms with Gasteiger partial charge in [0.15, 0.2) is 5.96 Å². The van der Waals surface area contributed by atoms with Crippen LogP contribution in [0, 0.1) is 11.8 Å². The third kappa shape index (κ3) is 24.2. The fourth-order valence-electron chi connectivity index (χ4n) is 8.27. The maximum atomic E-state index is 14.1. The second-order valence-corrected chi connectivity index (χ2v) is 20.7. The molecule has 1 heterocycles. The number of rotatable bonds is 36. The van der Waals surface area contributed by atoms with Gasteiger partial charge in [-0.2, -0.15) is 11.8 Å². The SMILES string of the molecule is CCC(C)C(NC(=O)C(NC(=O)C(CCC(=O)O)NC(=O)C1CCCN1C(=O)C(CC(N)=O)NC(=O)CNC(=O)C(CCCN=C(N)N)NC(=O)C(N)CSC)C(C)C)C(=O)NC(CC(=O)O)C(=O)NC(Cc1ccc(O)cc1)C(=O)O. The number of guanidine groups is 1. The Hall–Kier alpha value is -8.29. The van der Waals surface area contributed by atoms with Gasteiger partial charge in [0.2, 0.25) is 59.1 Å². The Morgan fingerprint density at radius 2 is 1.28 bits per heavy atom. The molecular formula is C50H78N14O17S. The molecule has 20 N–H and O–H groups in total. The summed E-state index contributed by atoms with van der Waals surface area (Å²) in [5.41, 5.74) is 22.5. The van der Waals surface area contributed by atoms with Crippen molar-refractivity contribution in [2.75, 3.05) is 31.6 Å². The summed E-state index contributed by atoms with van der Waals surface area (Å²) in [6, 6.07) is -7.95. The van der Waals surface area contributed by atoms with Gasteiger partial charge in [-0.3, -0.25) is 62.5 Å². The van der Waals surface area contributed by atoms with Gasteiger partial charge in [0.25, 0.3) is 0 Å².